The van der Waals surface area contributed by atoms with Crippen LogP contribution in [0.5, 0.6) is 5.75 Å². The number of rotatable bonds is 2. The highest BCUT2D eigenvalue weighted by atomic mass is 79.9. The van der Waals surface area contributed by atoms with E-state index in [1.807, 2.05) is 31.2 Å². The average molecular weight is 309 g/mol. The molecule has 4 heteroatoms. The summed E-state index contributed by atoms with van der Waals surface area (Å²) in [5.74, 6) is 0.171. The number of benzene rings is 2. The summed E-state index contributed by atoms with van der Waals surface area (Å²) in [4.78, 5) is 11.8. The first-order chi connectivity index (χ1) is 8.58. The van der Waals surface area contributed by atoms with Crippen molar-refractivity contribution in [3.63, 3.8) is 0 Å². The molecule has 0 aromatic heterocycles. The number of aryl methyl sites for hydroxylation is 1. The molecule has 0 spiro atoms. The lowest BCUT2D eigenvalue weighted by molar-refractivity contribution is 0.0596. The predicted octanol–water partition coefficient (Wildman–Crippen LogP) is 3.71. The molecule has 0 aliphatic heterocycles. The monoisotopic (exact) mass is 308 g/mol. The lowest BCUT2D eigenvalue weighted by atomic mass is 10.00. The molecule has 0 saturated heterocycles. The second-order valence-corrected chi connectivity index (χ2v) is 4.87. The maximum absolute atomic E-state index is 11.8. The standard InChI is InChI=1S/C14H13BrO3/c1-8-6-9-4-5-10(15)7-11(9)13(17-2)12(8)14(16)18-3/h4-7H,1-3H3. The van der Waals surface area contributed by atoms with Gasteiger partial charge in [-0.2, -0.15) is 0 Å². The van der Waals surface area contributed by atoms with Gasteiger partial charge in [-0.15, -0.1) is 0 Å². The summed E-state index contributed by atoms with van der Waals surface area (Å²) < 4.78 is 11.1. The number of esters is 1. The van der Waals surface area contributed by atoms with Crippen LogP contribution < -0.4 is 4.74 Å². The van der Waals surface area contributed by atoms with Crippen molar-refractivity contribution < 1.29 is 14.3 Å². The van der Waals surface area contributed by atoms with Gasteiger partial charge in [-0.25, -0.2) is 4.79 Å². The van der Waals surface area contributed by atoms with Gasteiger partial charge >= 0.3 is 5.97 Å². The number of hydrogen-bond donors (Lipinski definition) is 0. The lowest BCUT2D eigenvalue weighted by Gasteiger charge is -2.13. The zero-order valence-corrected chi connectivity index (χ0v) is 12.0. The third-order valence-corrected chi connectivity index (χ3v) is 3.34. The van der Waals surface area contributed by atoms with Crippen molar-refractivity contribution >= 4 is 32.7 Å². The van der Waals surface area contributed by atoms with Gasteiger partial charge in [0.15, 0.2) is 0 Å². The second-order valence-electron chi connectivity index (χ2n) is 3.96. The van der Waals surface area contributed by atoms with Gasteiger partial charge in [0.2, 0.25) is 0 Å². The number of halogens is 1. The van der Waals surface area contributed by atoms with Crippen LogP contribution in [0.2, 0.25) is 0 Å². The Balaban J connectivity index is 2.85. The number of hydrogen-bond acceptors (Lipinski definition) is 3. The molecule has 0 radical (unpaired) electrons. The van der Waals surface area contributed by atoms with E-state index in [9.17, 15) is 4.79 Å². The Hall–Kier alpha value is -1.55. The van der Waals surface area contributed by atoms with E-state index >= 15 is 0 Å². The lowest BCUT2D eigenvalue weighted by Crippen LogP contribution is -2.07. The normalized spacial score (nSPS) is 10.4. The molecule has 0 bridgehead atoms. The van der Waals surface area contributed by atoms with Crippen LogP contribution >= 0.6 is 15.9 Å². The summed E-state index contributed by atoms with van der Waals surface area (Å²) in [6.07, 6.45) is 0. The summed E-state index contributed by atoms with van der Waals surface area (Å²) in [5.41, 5.74) is 1.32. The molecule has 0 amide bonds. The SMILES string of the molecule is COC(=O)c1c(C)cc2ccc(Br)cc2c1OC. The van der Waals surface area contributed by atoms with Crippen molar-refractivity contribution in [3.05, 3.63) is 39.9 Å². The van der Waals surface area contributed by atoms with Crippen molar-refractivity contribution in [2.45, 2.75) is 6.92 Å². The van der Waals surface area contributed by atoms with Crippen molar-refractivity contribution in [3.8, 4) is 5.75 Å². The summed E-state index contributed by atoms with van der Waals surface area (Å²) in [5, 5.41) is 1.91. The minimum absolute atomic E-state index is 0.383. The molecule has 18 heavy (non-hydrogen) atoms. The van der Waals surface area contributed by atoms with Crippen molar-refractivity contribution in [2.75, 3.05) is 14.2 Å². The minimum Gasteiger partial charge on any atom is -0.495 e. The highest BCUT2D eigenvalue weighted by molar-refractivity contribution is 9.10. The Morgan fingerprint density at radius 1 is 1.22 bits per heavy atom. The Kier molecular flexibility index (Phi) is 3.57. The van der Waals surface area contributed by atoms with Crippen LogP contribution in [0.25, 0.3) is 10.8 Å². The predicted molar refractivity (Wildman–Crippen MR) is 74.3 cm³/mol. The number of ether oxygens (including phenoxy) is 2. The van der Waals surface area contributed by atoms with Crippen molar-refractivity contribution in [1.82, 2.24) is 0 Å². The van der Waals surface area contributed by atoms with Crippen LogP contribution in [0, 0.1) is 6.92 Å². The molecule has 0 saturated carbocycles. The average Bonchev–Trinajstić information content (AvgIpc) is 2.37. The van der Waals surface area contributed by atoms with Gasteiger partial charge in [-0.3, -0.25) is 0 Å². The Labute approximate surface area is 114 Å². The fourth-order valence-corrected chi connectivity index (χ4v) is 2.40. The van der Waals surface area contributed by atoms with Crippen LogP contribution in [0.4, 0.5) is 0 Å². The van der Waals surface area contributed by atoms with Crippen LogP contribution in [0.15, 0.2) is 28.7 Å². The molecule has 2 aromatic carbocycles. The zero-order chi connectivity index (χ0) is 13.3. The maximum atomic E-state index is 11.8. The summed E-state index contributed by atoms with van der Waals surface area (Å²) in [6, 6.07) is 7.83. The van der Waals surface area contributed by atoms with Gasteiger partial charge in [0, 0.05) is 9.86 Å². The van der Waals surface area contributed by atoms with Crippen molar-refractivity contribution in [2.24, 2.45) is 0 Å². The first-order valence-electron chi connectivity index (χ1n) is 5.43. The van der Waals surface area contributed by atoms with Crippen LogP contribution in [-0.2, 0) is 4.74 Å². The minimum atomic E-state index is -0.383. The molecule has 2 aromatic rings. The molecule has 2 rings (SSSR count). The first-order valence-corrected chi connectivity index (χ1v) is 6.23. The molecule has 0 fully saturated rings. The third-order valence-electron chi connectivity index (χ3n) is 2.85. The van der Waals surface area contributed by atoms with E-state index in [4.69, 9.17) is 9.47 Å². The van der Waals surface area contributed by atoms with E-state index in [1.54, 1.807) is 7.11 Å². The molecule has 0 aliphatic rings. The molecule has 0 atom stereocenters. The molecular weight excluding hydrogens is 296 g/mol. The Bertz CT molecular complexity index is 620. The van der Waals surface area contributed by atoms with Crippen LogP contribution in [0.1, 0.15) is 15.9 Å². The Morgan fingerprint density at radius 3 is 2.56 bits per heavy atom. The summed E-state index contributed by atoms with van der Waals surface area (Å²) in [6.45, 7) is 1.87. The zero-order valence-electron chi connectivity index (χ0n) is 10.4. The number of fused-ring (bicyclic) bond motifs is 1. The van der Waals surface area contributed by atoms with E-state index in [0.29, 0.717) is 11.3 Å². The van der Waals surface area contributed by atoms with Gasteiger partial charge < -0.3 is 9.47 Å². The molecule has 3 nitrogen and oxygen atoms in total. The van der Waals surface area contributed by atoms with Crippen molar-refractivity contribution in [1.29, 1.82) is 0 Å². The largest absolute Gasteiger partial charge is 0.495 e. The van der Waals surface area contributed by atoms with E-state index < -0.39 is 0 Å². The van der Waals surface area contributed by atoms with Gasteiger partial charge in [0.25, 0.3) is 0 Å². The summed E-state index contributed by atoms with van der Waals surface area (Å²) in [7, 11) is 2.92. The molecule has 0 heterocycles. The quantitative estimate of drug-likeness (QED) is 0.793. The molecule has 0 unspecified atom stereocenters. The fourth-order valence-electron chi connectivity index (χ4n) is 2.04. The van der Waals surface area contributed by atoms with Gasteiger partial charge in [0.1, 0.15) is 11.3 Å². The van der Waals surface area contributed by atoms with Gasteiger partial charge in [-0.05, 0) is 30.0 Å². The van der Waals surface area contributed by atoms with Gasteiger partial charge in [0.05, 0.1) is 14.2 Å². The number of carbonyl (C=O) groups is 1. The van der Waals surface area contributed by atoms with Crippen LogP contribution in [-0.4, -0.2) is 20.2 Å². The second kappa shape index (κ2) is 4.98. The first kappa shape index (κ1) is 12.9. The molecule has 0 aliphatic carbocycles. The molecule has 94 valence electrons. The van der Waals surface area contributed by atoms with Gasteiger partial charge in [-0.1, -0.05) is 28.1 Å². The van der Waals surface area contributed by atoms with E-state index in [0.717, 1.165) is 20.8 Å². The third kappa shape index (κ3) is 2.08. The number of methoxy groups -OCH3 is 2. The van der Waals surface area contributed by atoms with Crippen LogP contribution in [0.3, 0.4) is 0 Å². The molecular formula is C14H13BrO3. The van der Waals surface area contributed by atoms with E-state index in [-0.39, 0.29) is 5.97 Å². The Morgan fingerprint density at radius 2 is 1.94 bits per heavy atom. The van der Waals surface area contributed by atoms with E-state index in [1.165, 1.54) is 7.11 Å². The van der Waals surface area contributed by atoms with E-state index in [2.05, 4.69) is 15.9 Å². The maximum Gasteiger partial charge on any atom is 0.341 e. The highest BCUT2D eigenvalue weighted by Gasteiger charge is 2.19. The molecule has 0 N–H and O–H groups in total. The topological polar surface area (TPSA) is 35.5 Å². The summed E-state index contributed by atoms with van der Waals surface area (Å²) >= 11 is 3.42. The fraction of sp³-hybridized carbons (Fsp3) is 0.214. The highest BCUT2D eigenvalue weighted by Crippen LogP contribution is 2.34. The smallest absolute Gasteiger partial charge is 0.341 e. The number of carbonyl (C=O) groups excluding carboxylic acids is 1.